The van der Waals surface area contributed by atoms with Crippen molar-refractivity contribution in [3.63, 3.8) is 0 Å². The van der Waals surface area contributed by atoms with E-state index in [4.69, 9.17) is 0 Å². The molecule has 2 aromatic carbocycles. The van der Waals surface area contributed by atoms with Gasteiger partial charge in [-0.05, 0) is 38.1 Å². The maximum Gasteiger partial charge on any atom is 0.290 e. The number of carbonyl (C=O) groups is 2. The Balaban J connectivity index is 1.46. The van der Waals surface area contributed by atoms with Crippen LogP contribution in [-0.2, 0) is 4.79 Å². The van der Waals surface area contributed by atoms with Gasteiger partial charge in [0, 0.05) is 22.7 Å². The quantitative estimate of drug-likeness (QED) is 0.340. The zero-order valence-corrected chi connectivity index (χ0v) is 17.4. The molecule has 0 aliphatic carbocycles. The first-order valence-corrected chi connectivity index (χ1v) is 9.83. The molecule has 160 valence electrons. The van der Waals surface area contributed by atoms with Gasteiger partial charge in [-0.1, -0.05) is 36.4 Å². The monoisotopic (exact) mass is 428 g/mol. The maximum atomic E-state index is 12.5. The van der Waals surface area contributed by atoms with E-state index in [1.165, 1.54) is 6.08 Å². The van der Waals surface area contributed by atoms with Gasteiger partial charge < -0.3 is 0 Å². The standard InChI is InChI=1S/C23H20N6O3/c1-14-17(15(2)29(28-14)16-8-4-3-5-9-16)12-13-20(30)24-27-23(32)21-18-10-6-7-11-19(18)22(31)26-25-21/h3-13H,1-2H3,(H,24,30)(H,26,31)(H,27,32)/b13-12+. The molecule has 0 saturated carbocycles. The molecule has 4 rings (SSSR count). The number of aromatic nitrogens is 4. The molecule has 9 heteroatoms. The predicted molar refractivity (Wildman–Crippen MR) is 120 cm³/mol. The Morgan fingerprint density at radius 2 is 1.66 bits per heavy atom. The van der Waals surface area contributed by atoms with Gasteiger partial charge in [0.2, 0.25) is 0 Å². The fourth-order valence-corrected chi connectivity index (χ4v) is 3.38. The number of nitrogens with zero attached hydrogens (tertiary/aromatic N) is 3. The minimum Gasteiger partial charge on any atom is -0.268 e. The maximum absolute atomic E-state index is 12.5. The highest BCUT2D eigenvalue weighted by Crippen LogP contribution is 2.19. The van der Waals surface area contributed by atoms with Crippen molar-refractivity contribution in [3.05, 3.63) is 93.7 Å². The van der Waals surface area contributed by atoms with Crippen molar-refractivity contribution in [2.45, 2.75) is 13.8 Å². The number of aryl methyl sites for hydroxylation is 1. The summed E-state index contributed by atoms with van der Waals surface area (Å²) < 4.78 is 1.81. The summed E-state index contributed by atoms with van der Waals surface area (Å²) in [5.41, 5.74) is 7.62. The number of hydrazine groups is 1. The minimum absolute atomic E-state index is 0.000283. The van der Waals surface area contributed by atoms with Crippen LogP contribution >= 0.6 is 0 Å². The summed E-state index contributed by atoms with van der Waals surface area (Å²) in [6, 6.07) is 16.3. The van der Waals surface area contributed by atoms with Crippen LogP contribution in [0, 0.1) is 13.8 Å². The van der Waals surface area contributed by atoms with Gasteiger partial charge >= 0.3 is 0 Å². The van der Waals surface area contributed by atoms with Gasteiger partial charge in [0.05, 0.1) is 16.8 Å². The van der Waals surface area contributed by atoms with Gasteiger partial charge in [0.1, 0.15) is 0 Å². The van der Waals surface area contributed by atoms with Crippen LogP contribution in [0.15, 0.2) is 65.5 Å². The van der Waals surface area contributed by atoms with E-state index in [-0.39, 0.29) is 5.69 Å². The highest BCUT2D eigenvalue weighted by Gasteiger charge is 2.15. The van der Waals surface area contributed by atoms with Crippen LogP contribution in [-0.4, -0.2) is 31.8 Å². The van der Waals surface area contributed by atoms with E-state index in [0.29, 0.717) is 10.8 Å². The number of H-pyrrole nitrogens is 1. The largest absolute Gasteiger partial charge is 0.290 e. The lowest BCUT2D eigenvalue weighted by atomic mass is 10.1. The van der Waals surface area contributed by atoms with Crippen molar-refractivity contribution in [3.8, 4) is 5.69 Å². The fourth-order valence-electron chi connectivity index (χ4n) is 3.38. The number of hydrogen-bond donors (Lipinski definition) is 3. The van der Waals surface area contributed by atoms with Crippen LogP contribution in [0.2, 0.25) is 0 Å². The minimum atomic E-state index is -0.650. The first-order valence-electron chi connectivity index (χ1n) is 9.83. The summed E-state index contributed by atoms with van der Waals surface area (Å²) >= 11 is 0. The fraction of sp³-hybridized carbons (Fsp3) is 0.0870. The molecule has 2 aromatic heterocycles. The topological polar surface area (TPSA) is 122 Å². The second kappa shape index (κ2) is 8.68. The third-order valence-electron chi connectivity index (χ3n) is 4.96. The zero-order valence-electron chi connectivity index (χ0n) is 17.4. The first-order chi connectivity index (χ1) is 15.5. The summed E-state index contributed by atoms with van der Waals surface area (Å²) in [5.74, 6) is -1.18. The van der Waals surface area contributed by atoms with E-state index in [1.54, 1.807) is 30.3 Å². The highest BCUT2D eigenvalue weighted by molar-refractivity contribution is 6.05. The average molecular weight is 428 g/mol. The molecule has 0 aliphatic rings. The van der Waals surface area contributed by atoms with Crippen molar-refractivity contribution in [2.75, 3.05) is 0 Å². The number of nitrogens with one attached hydrogen (secondary N) is 3. The van der Waals surface area contributed by atoms with Crippen LogP contribution in [0.4, 0.5) is 0 Å². The van der Waals surface area contributed by atoms with Gasteiger partial charge in [-0.15, -0.1) is 0 Å². The average Bonchev–Trinajstić information content (AvgIpc) is 3.10. The van der Waals surface area contributed by atoms with Gasteiger partial charge in [0.25, 0.3) is 17.4 Å². The molecule has 0 saturated heterocycles. The van der Waals surface area contributed by atoms with Crippen molar-refractivity contribution in [2.24, 2.45) is 0 Å². The van der Waals surface area contributed by atoms with Gasteiger partial charge in [-0.3, -0.25) is 25.2 Å². The summed E-state index contributed by atoms with van der Waals surface area (Å²) in [7, 11) is 0. The number of benzene rings is 2. The van der Waals surface area contributed by atoms with Gasteiger partial charge in [-0.25, -0.2) is 9.78 Å². The number of carbonyl (C=O) groups excluding carboxylic acids is 2. The Morgan fingerprint density at radius 3 is 2.41 bits per heavy atom. The van der Waals surface area contributed by atoms with Crippen molar-refractivity contribution in [1.82, 2.24) is 30.8 Å². The van der Waals surface area contributed by atoms with E-state index in [2.05, 4.69) is 26.1 Å². The molecule has 2 amide bonds. The lowest BCUT2D eigenvalue weighted by molar-refractivity contribution is -0.117. The van der Waals surface area contributed by atoms with Crippen LogP contribution in [0.5, 0.6) is 0 Å². The Bertz CT molecular complexity index is 1400. The van der Waals surface area contributed by atoms with Gasteiger partial charge in [-0.2, -0.15) is 10.2 Å². The third-order valence-corrected chi connectivity index (χ3v) is 4.96. The number of para-hydroxylation sites is 1. The molecule has 0 radical (unpaired) electrons. The molecule has 9 nitrogen and oxygen atoms in total. The van der Waals surface area contributed by atoms with Crippen molar-refractivity contribution in [1.29, 1.82) is 0 Å². The summed E-state index contributed by atoms with van der Waals surface area (Å²) in [6.07, 6.45) is 2.96. The van der Waals surface area contributed by atoms with Crippen LogP contribution < -0.4 is 16.4 Å². The van der Waals surface area contributed by atoms with Crippen molar-refractivity contribution < 1.29 is 9.59 Å². The number of fused-ring (bicyclic) bond motifs is 1. The molecule has 32 heavy (non-hydrogen) atoms. The molecule has 0 atom stereocenters. The number of hydrogen-bond acceptors (Lipinski definition) is 5. The number of rotatable bonds is 4. The number of aromatic amines is 1. The Kier molecular flexibility index (Phi) is 5.63. The summed E-state index contributed by atoms with van der Waals surface area (Å²) in [5, 5.41) is 11.3. The van der Waals surface area contributed by atoms with Crippen molar-refractivity contribution >= 4 is 28.7 Å². The molecule has 3 N–H and O–H groups in total. The van der Waals surface area contributed by atoms with E-state index in [1.807, 2.05) is 48.9 Å². The summed E-state index contributed by atoms with van der Waals surface area (Å²) in [4.78, 5) is 36.6. The van der Waals surface area contributed by atoms with Crippen LogP contribution in [0.25, 0.3) is 22.5 Å². The number of amides is 2. The Hall–Kier alpha value is -4.53. The first kappa shape index (κ1) is 20.7. The van der Waals surface area contributed by atoms with E-state index in [0.717, 1.165) is 22.6 Å². The molecule has 0 aliphatic heterocycles. The molecular formula is C23H20N6O3. The molecule has 0 unspecified atom stereocenters. The predicted octanol–water partition coefficient (Wildman–Crippen LogP) is 2.20. The van der Waals surface area contributed by atoms with E-state index < -0.39 is 17.4 Å². The van der Waals surface area contributed by atoms with Crippen LogP contribution in [0.1, 0.15) is 27.4 Å². The van der Waals surface area contributed by atoms with Gasteiger partial charge in [0.15, 0.2) is 5.69 Å². The second-order valence-electron chi connectivity index (χ2n) is 7.06. The molecule has 0 fully saturated rings. The zero-order chi connectivity index (χ0) is 22.7. The van der Waals surface area contributed by atoms with Crippen LogP contribution in [0.3, 0.4) is 0 Å². The Morgan fingerprint density at radius 1 is 0.969 bits per heavy atom. The lowest BCUT2D eigenvalue weighted by Gasteiger charge is -2.06. The smallest absolute Gasteiger partial charge is 0.268 e. The van der Waals surface area contributed by atoms with E-state index >= 15 is 0 Å². The second-order valence-corrected chi connectivity index (χ2v) is 7.06. The molecule has 0 spiro atoms. The third kappa shape index (κ3) is 4.04. The molecule has 0 bridgehead atoms. The highest BCUT2D eigenvalue weighted by atomic mass is 16.2. The summed E-state index contributed by atoms with van der Waals surface area (Å²) in [6.45, 7) is 3.78. The molecular weight excluding hydrogens is 408 g/mol. The lowest BCUT2D eigenvalue weighted by Crippen LogP contribution is -2.41. The SMILES string of the molecule is Cc1nn(-c2ccccc2)c(C)c1/C=C/C(=O)NNC(=O)c1n[nH]c(=O)c2ccccc12. The Labute approximate surface area is 182 Å². The normalized spacial score (nSPS) is 11.1. The molecule has 2 heterocycles. The van der Waals surface area contributed by atoms with E-state index in [9.17, 15) is 14.4 Å². The molecule has 4 aromatic rings.